The van der Waals surface area contributed by atoms with Gasteiger partial charge in [-0.25, -0.2) is 4.98 Å². The molecule has 0 radical (unpaired) electrons. The highest BCUT2D eigenvalue weighted by atomic mass is 32.2. The molecule has 56 valence electrons. The molecular weight excluding hydrogens is 162 g/mol. The number of hydrogen-bond acceptors (Lipinski definition) is 3. The smallest absolute Gasteiger partial charge is 0.0965 e. The highest BCUT2D eigenvalue weighted by Crippen LogP contribution is 2.26. The van der Waals surface area contributed by atoms with Gasteiger partial charge in [-0.1, -0.05) is 13.8 Å². The summed E-state index contributed by atoms with van der Waals surface area (Å²) in [4.78, 5) is 4.35. The van der Waals surface area contributed by atoms with Crippen LogP contribution in [0.5, 0.6) is 0 Å². The lowest BCUT2D eigenvalue weighted by Crippen LogP contribution is -1.84. The Bertz CT molecular complexity index is 208. The lowest BCUT2D eigenvalue weighted by molar-refractivity contribution is 0.846. The van der Waals surface area contributed by atoms with Crippen LogP contribution in [0.25, 0.3) is 0 Å². The first-order valence-corrected chi connectivity index (χ1v) is 4.54. The van der Waals surface area contributed by atoms with Crippen LogP contribution in [0.1, 0.15) is 30.5 Å². The molecular formula is C7H11NS2. The third kappa shape index (κ3) is 1.52. The molecule has 0 spiro atoms. The number of thiol groups is 1. The Balaban J connectivity index is 2.98. The van der Waals surface area contributed by atoms with Crippen LogP contribution in [0, 0.1) is 6.92 Å². The maximum Gasteiger partial charge on any atom is 0.0965 e. The summed E-state index contributed by atoms with van der Waals surface area (Å²) in [5.41, 5.74) is 1.05. The second-order valence-corrected chi connectivity index (χ2v) is 4.38. The first kappa shape index (κ1) is 8.08. The maximum absolute atomic E-state index is 4.35. The molecule has 0 aromatic carbocycles. The Morgan fingerprint density at radius 2 is 2.10 bits per heavy atom. The van der Waals surface area contributed by atoms with Gasteiger partial charge in [0.2, 0.25) is 0 Å². The maximum atomic E-state index is 4.35. The van der Waals surface area contributed by atoms with Crippen LogP contribution in [0.15, 0.2) is 4.21 Å². The number of nitrogens with zero attached hydrogens (tertiary/aromatic N) is 1. The van der Waals surface area contributed by atoms with Crippen molar-refractivity contribution in [2.75, 3.05) is 0 Å². The molecule has 0 saturated heterocycles. The van der Waals surface area contributed by atoms with Crippen molar-refractivity contribution in [3.63, 3.8) is 0 Å². The van der Waals surface area contributed by atoms with Gasteiger partial charge in [0, 0.05) is 5.92 Å². The van der Waals surface area contributed by atoms with Crippen molar-refractivity contribution < 1.29 is 0 Å². The van der Waals surface area contributed by atoms with Gasteiger partial charge in [0.15, 0.2) is 0 Å². The minimum Gasteiger partial charge on any atom is -0.245 e. The van der Waals surface area contributed by atoms with E-state index in [1.165, 1.54) is 5.01 Å². The summed E-state index contributed by atoms with van der Waals surface area (Å²) in [7, 11) is 0. The van der Waals surface area contributed by atoms with E-state index >= 15 is 0 Å². The van der Waals surface area contributed by atoms with Gasteiger partial charge >= 0.3 is 0 Å². The Labute approximate surface area is 70.9 Å². The molecule has 3 heteroatoms. The Kier molecular flexibility index (Phi) is 2.36. The monoisotopic (exact) mass is 173 g/mol. The van der Waals surface area contributed by atoms with Crippen molar-refractivity contribution in [3.8, 4) is 0 Å². The largest absolute Gasteiger partial charge is 0.245 e. The van der Waals surface area contributed by atoms with Crippen LogP contribution in [0.2, 0.25) is 0 Å². The Morgan fingerprint density at radius 3 is 2.30 bits per heavy atom. The molecule has 1 nitrogen and oxygen atoms in total. The van der Waals surface area contributed by atoms with Crippen molar-refractivity contribution in [1.82, 2.24) is 4.98 Å². The lowest BCUT2D eigenvalue weighted by atomic mass is 10.2. The first-order valence-electron chi connectivity index (χ1n) is 3.27. The average molecular weight is 173 g/mol. The lowest BCUT2D eigenvalue weighted by Gasteiger charge is -1.94. The molecule has 1 rings (SSSR count). The van der Waals surface area contributed by atoms with Crippen LogP contribution >= 0.6 is 24.0 Å². The van der Waals surface area contributed by atoms with E-state index in [-0.39, 0.29) is 0 Å². The van der Waals surface area contributed by atoms with Crippen LogP contribution in [0.4, 0.5) is 0 Å². The molecule has 0 amide bonds. The molecule has 10 heavy (non-hydrogen) atoms. The number of hydrogen-bond donors (Lipinski definition) is 1. The summed E-state index contributed by atoms with van der Waals surface area (Å²) in [6, 6.07) is 0. The van der Waals surface area contributed by atoms with E-state index < -0.39 is 0 Å². The Hall–Kier alpha value is -0.0200. The number of thiazole rings is 1. The molecule has 0 bridgehead atoms. The fourth-order valence-electron chi connectivity index (χ4n) is 0.656. The molecule has 0 aliphatic carbocycles. The predicted molar refractivity (Wildman–Crippen MR) is 48.2 cm³/mol. The molecule has 1 aromatic heterocycles. The molecule has 0 N–H and O–H groups in total. The predicted octanol–water partition coefficient (Wildman–Crippen LogP) is 2.86. The number of rotatable bonds is 1. The van der Waals surface area contributed by atoms with E-state index in [4.69, 9.17) is 0 Å². The molecule has 0 fully saturated rings. The third-order valence-corrected chi connectivity index (χ3v) is 3.14. The number of aryl methyl sites for hydroxylation is 1. The summed E-state index contributed by atoms with van der Waals surface area (Å²) in [5, 5.41) is 1.18. The quantitative estimate of drug-likeness (QED) is 0.644. The minimum absolute atomic E-state index is 0.532. The van der Waals surface area contributed by atoms with E-state index in [1.807, 2.05) is 6.92 Å². The van der Waals surface area contributed by atoms with Crippen molar-refractivity contribution >= 4 is 24.0 Å². The van der Waals surface area contributed by atoms with E-state index in [0.717, 1.165) is 9.90 Å². The third-order valence-electron chi connectivity index (χ3n) is 1.28. The second-order valence-electron chi connectivity index (χ2n) is 2.60. The SMILES string of the molecule is Cc1nc(C(C)C)sc1S. The van der Waals surface area contributed by atoms with Gasteiger partial charge in [0.05, 0.1) is 14.9 Å². The minimum atomic E-state index is 0.532. The topological polar surface area (TPSA) is 12.9 Å². The fourth-order valence-corrected chi connectivity index (χ4v) is 1.80. The highest BCUT2D eigenvalue weighted by Gasteiger charge is 2.06. The summed E-state index contributed by atoms with van der Waals surface area (Å²) in [5.74, 6) is 0.532. The highest BCUT2D eigenvalue weighted by molar-refractivity contribution is 7.82. The molecule has 0 atom stereocenters. The molecule has 1 aromatic rings. The van der Waals surface area contributed by atoms with Crippen molar-refractivity contribution in [1.29, 1.82) is 0 Å². The van der Waals surface area contributed by atoms with Crippen molar-refractivity contribution in [3.05, 3.63) is 10.7 Å². The summed E-state index contributed by atoms with van der Waals surface area (Å²) in [6.07, 6.45) is 0. The van der Waals surface area contributed by atoms with Crippen molar-refractivity contribution in [2.45, 2.75) is 30.9 Å². The van der Waals surface area contributed by atoms with Crippen LogP contribution in [0.3, 0.4) is 0 Å². The van der Waals surface area contributed by atoms with E-state index in [1.54, 1.807) is 11.3 Å². The second kappa shape index (κ2) is 2.93. The molecule has 0 saturated carbocycles. The van der Waals surface area contributed by atoms with Gasteiger partial charge in [-0.15, -0.1) is 24.0 Å². The fraction of sp³-hybridized carbons (Fsp3) is 0.571. The first-order chi connectivity index (χ1) is 4.61. The van der Waals surface area contributed by atoms with Gasteiger partial charge in [-0.05, 0) is 6.92 Å². The van der Waals surface area contributed by atoms with Crippen LogP contribution < -0.4 is 0 Å². The van der Waals surface area contributed by atoms with Gasteiger partial charge < -0.3 is 0 Å². The number of aromatic nitrogens is 1. The van der Waals surface area contributed by atoms with Gasteiger partial charge in [-0.3, -0.25) is 0 Å². The van der Waals surface area contributed by atoms with E-state index in [9.17, 15) is 0 Å². The van der Waals surface area contributed by atoms with E-state index in [0.29, 0.717) is 5.92 Å². The standard InChI is InChI=1S/C7H11NS2/c1-4(2)6-8-5(3)7(9)10-6/h4,9H,1-3H3. The van der Waals surface area contributed by atoms with Gasteiger partial charge in [0.1, 0.15) is 0 Å². The Morgan fingerprint density at radius 1 is 1.50 bits per heavy atom. The van der Waals surface area contributed by atoms with Crippen LogP contribution in [-0.2, 0) is 0 Å². The zero-order valence-electron chi connectivity index (χ0n) is 6.38. The van der Waals surface area contributed by atoms with E-state index in [2.05, 4.69) is 31.5 Å². The normalized spacial score (nSPS) is 10.9. The summed E-state index contributed by atoms with van der Waals surface area (Å²) >= 11 is 5.94. The van der Waals surface area contributed by atoms with Crippen molar-refractivity contribution in [2.24, 2.45) is 0 Å². The zero-order chi connectivity index (χ0) is 7.72. The molecule has 0 aliphatic rings. The summed E-state index contributed by atoms with van der Waals surface area (Å²) < 4.78 is 1.05. The molecule has 1 heterocycles. The summed E-state index contributed by atoms with van der Waals surface area (Å²) in [6.45, 7) is 6.28. The molecule has 0 unspecified atom stereocenters. The average Bonchev–Trinajstić information content (AvgIpc) is 2.13. The zero-order valence-corrected chi connectivity index (χ0v) is 8.09. The van der Waals surface area contributed by atoms with Gasteiger partial charge in [0.25, 0.3) is 0 Å². The van der Waals surface area contributed by atoms with Gasteiger partial charge in [-0.2, -0.15) is 0 Å². The molecule has 0 aliphatic heterocycles. The van der Waals surface area contributed by atoms with Crippen LogP contribution in [-0.4, -0.2) is 4.98 Å².